The monoisotopic (exact) mass is 646 g/mol. The number of amides is 1. The highest BCUT2D eigenvalue weighted by Crippen LogP contribution is 2.39. The average molecular weight is 648 g/mol. The quantitative estimate of drug-likeness (QED) is 0.118. The summed E-state index contributed by atoms with van der Waals surface area (Å²) in [7, 11) is 4.40. The maximum absolute atomic E-state index is 13.7. The molecule has 42 heavy (non-hydrogen) atoms. The summed E-state index contributed by atoms with van der Waals surface area (Å²) in [4.78, 5) is 28.8. The summed E-state index contributed by atoms with van der Waals surface area (Å²) < 4.78 is 22.6. The molecule has 0 spiro atoms. The van der Waals surface area contributed by atoms with Crippen molar-refractivity contribution in [2.75, 3.05) is 32.8 Å². The van der Waals surface area contributed by atoms with E-state index in [4.69, 9.17) is 31.2 Å². The lowest BCUT2D eigenvalue weighted by atomic mass is 10.1. The molecule has 0 unspecified atom stereocenters. The molecule has 1 aliphatic heterocycles. The zero-order chi connectivity index (χ0) is 29.8. The van der Waals surface area contributed by atoms with Crippen LogP contribution in [0.25, 0.3) is 16.8 Å². The maximum atomic E-state index is 13.7. The number of esters is 1. The third-order valence-electron chi connectivity index (χ3n) is 6.79. The van der Waals surface area contributed by atoms with E-state index < -0.39 is 5.97 Å². The van der Waals surface area contributed by atoms with Crippen LogP contribution in [0.1, 0.15) is 11.1 Å². The van der Waals surface area contributed by atoms with Crippen molar-refractivity contribution in [2.24, 2.45) is 0 Å². The number of hydrogen-bond donors (Lipinski definition) is 0. The summed E-state index contributed by atoms with van der Waals surface area (Å²) >= 11 is 9.26. The molecule has 1 saturated heterocycles. The van der Waals surface area contributed by atoms with Gasteiger partial charge in [0.05, 0.1) is 31.5 Å². The molecule has 5 rings (SSSR count). The van der Waals surface area contributed by atoms with Crippen molar-refractivity contribution in [1.82, 2.24) is 4.90 Å². The van der Waals surface area contributed by atoms with E-state index in [9.17, 15) is 9.59 Å². The van der Waals surface area contributed by atoms with Crippen LogP contribution in [0.3, 0.4) is 0 Å². The molecule has 0 bridgehead atoms. The van der Waals surface area contributed by atoms with Crippen molar-refractivity contribution in [3.05, 3.63) is 100 Å². The SMILES string of the molecule is COC(=O)CN1C(=S)N(c2ccc(OC)cc2)C(=O)/C1=C/c1cc(Br)c(OCc2cccc3ccccc23)c(OC)c1. The van der Waals surface area contributed by atoms with Crippen LogP contribution in [-0.4, -0.2) is 49.8 Å². The first-order valence-electron chi connectivity index (χ1n) is 12.9. The standard InChI is InChI=1S/C32H27BrN2O6S/c1-38-24-13-11-23(12-14-24)35-31(37)27(34(32(35)42)18-29(36)40-3)16-20-15-26(33)30(28(17-20)39-2)41-19-22-9-6-8-21-7-4-5-10-25(21)22/h4-17H,18-19H2,1-3H3/b27-16-. The Labute approximate surface area is 257 Å². The number of methoxy groups -OCH3 is 3. The number of hydrogen-bond acceptors (Lipinski definition) is 7. The molecule has 1 aliphatic rings. The number of halogens is 1. The Morgan fingerprint density at radius 1 is 0.952 bits per heavy atom. The Kier molecular flexibility index (Phi) is 8.75. The van der Waals surface area contributed by atoms with Crippen molar-refractivity contribution in [3.8, 4) is 17.2 Å². The van der Waals surface area contributed by atoms with E-state index >= 15 is 0 Å². The molecule has 1 heterocycles. The van der Waals surface area contributed by atoms with Gasteiger partial charge in [-0.15, -0.1) is 0 Å². The van der Waals surface area contributed by atoms with Crippen LogP contribution in [-0.2, 0) is 20.9 Å². The van der Waals surface area contributed by atoms with Gasteiger partial charge in [-0.25, -0.2) is 0 Å². The molecule has 0 aliphatic carbocycles. The van der Waals surface area contributed by atoms with Crippen LogP contribution in [0.4, 0.5) is 5.69 Å². The molecular formula is C32H27BrN2O6S. The van der Waals surface area contributed by atoms with E-state index in [-0.39, 0.29) is 23.3 Å². The number of nitrogens with zero attached hydrogens (tertiary/aromatic N) is 2. The predicted octanol–water partition coefficient (Wildman–Crippen LogP) is 6.35. The zero-order valence-electron chi connectivity index (χ0n) is 23.1. The normalized spacial score (nSPS) is 14.0. The topological polar surface area (TPSA) is 77.5 Å². The van der Waals surface area contributed by atoms with E-state index in [0.29, 0.717) is 39.6 Å². The molecule has 1 fully saturated rings. The lowest BCUT2D eigenvalue weighted by Crippen LogP contribution is -2.35. The first-order valence-corrected chi connectivity index (χ1v) is 14.1. The zero-order valence-corrected chi connectivity index (χ0v) is 25.5. The Balaban J connectivity index is 1.47. The van der Waals surface area contributed by atoms with Crippen molar-refractivity contribution in [3.63, 3.8) is 0 Å². The second-order valence-electron chi connectivity index (χ2n) is 9.27. The van der Waals surface area contributed by atoms with Crippen LogP contribution in [0.5, 0.6) is 17.2 Å². The summed E-state index contributed by atoms with van der Waals surface area (Å²) in [6.45, 7) is 0.0946. The highest BCUT2D eigenvalue weighted by atomic mass is 79.9. The fraction of sp³-hybridized carbons (Fsp3) is 0.156. The number of carbonyl (C=O) groups is 2. The smallest absolute Gasteiger partial charge is 0.325 e. The molecule has 0 atom stereocenters. The minimum Gasteiger partial charge on any atom is -0.497 e. The second kappa shape index (κ2) is 12.6. The van der Waals surface area contributed by atoms with Gasteiger partial charge in [0.15, 0.2) is 16.6 Å². The van der Waals surface area contributed by atoms with Gasteiger partial charge in [0, 0.05) is 0 Å². The van der Waals surface area contributed by atoms with E-state index in [0.717, 1.165) is 16.3 Å². The Morgan fingerprint density at radius 3 is 2.40 bits per heavy atom. The van der Waals surface area contributed by atoms with E-state index in [2.05, 4.69) is 34.1 Å². The average Bonchev–Trinajstić information content (AvgIpc) is 3.23. The van der Waals surface area contributed by atoms with Gasteiger partial charge in [-0.3, -0.25) is 14.5 Å². The van der Waals surface area contributed by atoms with Gasteiger partial charge in [-0.1, -0.05) is 42.5 Å². The fourth-order valence-electron chi connectivity index (χ4n) is 4.68. The van der Waals surface area contributed by atoms with Crippen LogP contribution >= 0.6 is 28.1 Å². The summed E-state index contributed by atoms with van der Waals surface area (Å²) in [5.74, 6) is 0.699. The van der Waals surface area contributed by atoms with Crippen molar-refractivity contribution in [2.45, 2.75) is 6.61 Å². The minimum atomic E-state index is -0.538. The molecule has 0 N–H and O–H groups in total. The van der Waals surface area contributed by atoms with Gasteiger partial charge in [-0.05, 0) is 92.5 Å². The molecule has 8 nitrogen and oxygen atoms in total. The van der Waals surface area contributed by atoms with E-state index in [1.54, 1.807) is 50.6 Å². The molecule has 10 heteroatoms. The largest absolute Gasteiger partial charge is 0.497 e. The van der Waals surface area contributed by atoms with Gasteiger partial charge >= 0.3 is 5.97 Å². The van der Waals surface area contributed by atoms with Crippen LogP contribution < -0.4 is 19.1 Å². The summed E-state index contributed by atoms with van der Waals surface area (Å²) in [5, 5.41) is 2.40. The van der Waals surface area contributed by atoms with Gasteiger partial charge < -0.3 is 23.8 Å². The fourth-order valence-corrected chi connectivity index (χ4v) is 5.60. The van der Waals surface area contributed by atoms with Crippen molar-refractivity contribution < 1.29 is 28.5 Å². The Bertz CT molecular complexity index is 1700. The maximum Gasteiger partial charge on any atom is 0.325 e. The number of ether oxygens (including phenoxy) is 4. The molecule has 0 aromatic heterocycles. The number of anilines is 1. The first-order chi connectivity index (χ1) is 20.3. The lowest BCUT2D eigenvalue weighted by molar-refractivity contribution is -0.140. The molecular weight excluding hydrogens is 620 g/mol. The van der Waals surface area contributed by atoms with Gasteiger partial charge in [0.1, 0.15) is 24.6 Å². The first kappa shape index (κ1) is 29.1. The Morgan fingerprint density at radius 2 is 1.69 bits per heavy atom. The van der Waals surface area contributed by atoms with Gasteiger partial charge in [0.2, 0.25) is 0 Å². The number of benzene rings is 4. The molecule has 1 amide bonds. The lowest BCUT2D eigenvalue weighted by Gasteiger charge is -2.19. The summed E-state index contributed by atoms with van der Waals surface area (Å²) in [6, 6.07) is 24.7. The minimum absolute atomic E-state index is 0.155. The van der Waals surface area contributed by atoms with Crippen LogP contribution in [0.15, 0.2) is 89.0 Å². The third-order valence-corrected chi connectivity index (χ3v) is 7.78. The van der Waals surface area contributed by atoms with Gasteiger partial charge in [0.25, 0.3) is 5.91 Å². The highest BCUT2D eigenvalue weighted by Gasteiger charge is 2.40. The molecule has 4 aromatic carbocycles. The molecule has 0 radical (unpaired) electrons. The molecule has 4 aromatic rings. The van der Waals surface area contributed by atoms with Crippen molar-refractivity contribution >= 4 is 67.7 Å². The van der Waals surface area contributed by atoms with Crippen LogP contribution in [0.2, 0.25) is 0 Å². The second-order valence-corrected chi connectivity index (χ2v) is 10.5. The molecule has 214 valence electrons. The van der Waals surface area contributed by atoms with Gasteiger partial charge in [-0.2, -0.15) is 0 Å². The van der Waals surface area contributed by atoms with E-state index in [1.165, 1.54) is 16.9 Å². The predicted molar refractivity (Wildman–Crippen MR) is 169 cm³/mol. The van der Waals surface area contributed by atoms with Crippen molar-refractivity contribution in [1.29, 1.82) is 0 Å². The summed E-state index contributed by atoms with van der Waals surface area (Å²) in [5.41, 5.74) is 2.42. The number of carbonyl (C=O) groups excluding carboxylic acids is 2. The summed E-state index contributed by atoms with van der Waals surface area (Å²) in [6.07, 6.45) is 1.66. The van der Waals surface area contributed by atoms with E-state index in [1.807, 2.05) is 30.3 Å². The number of fused-ring (bicyclic) bond motifs is 1. The number of rotatable bonds is 9. The Hall–Kier alpha value is -4.41. The van der Waals surface area contributed by atoms with Crippen LogP contribution in [0, 0.1) is 0 Å². The third kappa shape index (κ3) is 5.81. The molecule has 0 saturated carbocycles. The number of thiocarbonyl (C=S) groups is 1. The highest BCUT2D eigenvalue weighted by molar-refractivity contribution is 9.10.